The number of H-pyrrole nitrogens is 1. The van der Waals surface area contributed by atoms with Gasteiger partial charge in [-0.15, -0.1) is 0 Å². The van der Waals surface area contributed by atoms with Gasteiger partial charge in [0.25, 0.3) is 0 Å². The second kappa shape index (κ2) is 8.84. The zero-order valence-corrected chi connectivity index (χ0v) is 19.6. The van der Waals surface area contributed by atoms with Crippen LogP contribution in [-0.2, 0) is 10.0 Å². The van der Waals surface area contributed by atoms with E-state index in [1.807, 2.05) is 16.9 Å². The lowest BCUT2D eigenvalue weighted by atomic mass is 10.0. The Bertz CT molecular complexity index is 1550. The predicted octanol–water partition coefficient (Wildman–Crippen LogP) is 5.16. The Morgan fingerprint density at radius 2 is 1.86 bits per heavy atom. The topological polar surface area (TPSA) is 105 Å². The summed E-state index contributed by atoms with van der Waals surface area (Å²) in [6, 6.07) is 7.56. The van der Waals surface area contributed by atoms with Crippen LogP contribution in [-0.4, -0.2) is 34.9 Å². The molecule has 0 radical (unpaired) electrons. The standard InChI is InChI=1S/C25H22F2N4O3S/c1-2-9-35(33,34)31-23-20(26)7-6-17(22(23)27)24(32)19-13-30-25-18(19)10-16(12-29-25)15-5-8-21(28-11-15)14-3-4-14/h5-8,10-14,31H,2-4,9H2,1H3,(H,29,30). The molecule has 10 heteroatoms. The highest BCUT2D eigenvalue weighted by molar-refractivity contribution is 7.92. The maximum atomic E-state index is 15.2. The van der Waals surface area contributed by atoms with Crippen molar-refractivity contribution in [3.8, 4) is 11.1 Å². The molecule has 1 aliphatic rings. The van der Waals surface area contributed by atoms with Crippen LogP contribution < -0.4 is 4.72 Å². The molecule has 2 N–H and O–H groups in total. The fourth-order valence-electron chi connectivity index (χ4n) is 3.99. The zero-order valence-electron chi connectivity index (χ0n) is 18.8. The summed E-state index contributed by atoms with van der Waals surface area (Å²) in [5, 5.41) is 0.454. The van der Waals surface area contributed by atoms with Gasteiger partial charge in [0, 0.05) is 52.3 Å². The van der Waals surface area contributed by atoms with Crippen LogP contribution in [0.1, 0.15) is 53.7 Å². The number of anilines is 1. The Labute approximate surface area is 200 Å². The summed E-state index contributed by atoms with van der Waals surface area (Å²) in [6.45, 7) is 1.63. The summed E-state index contributed by atoms with van der Waals surface area (Å²) in [5.74, 6) is -2.89. The third-order valence-corrected chi connectivity index (χ3v) is 7.42. The van der Waals surface area contributed by atoms with Crippen molar-refractivity contribution in [1.29, 1.82) is 0 Å². The highest BCUT2D eigenvalue weighted by atomic mass is 32.2. The number of benzene rings is 1. The van der Waals surface area contributed by atoms with E-state index in [1.165, 1.54) is 6.20 Å². The van der Waals surface area contributed by atoms with Gasteiger partial charge in [-0.2, -0.15) is 0 Å². The van der Waals surface area contributed by atoms with Crippen molar-refractivity contribution in [3.05, 3.63) is 77.4 Å². The number of ketones is 1. The average Bonchev–Trinajstić information content (AvgIpc) is 3.60. The van der Waals surface area contributed by atoms with Crippen LogP contribution in [0.5, 0.6) is 0 Å². The van der Waals surface area contributed by atoms with Crippen molar-refractivity contribution >= 4 is 32.5 Å². The fraction of sp³-hybridized carbons (Fsp3) is 0.240. The first-order valence-electron chi connectivity index (χ1n) is 11.2. The quantitative estimate of drug-likeness (QED) is 0.328. The number of carbonyl (C=O) groups excluding carboxylic acids is 1. The lowest BCUT2D eigenvalue weighted by molar-refractivity contribution is 0.103. The van der Waals surface area contributed by atoms with Crippen molar-refractivity contribution in [2.45, 2.75) is 32.1 Å². The molecule has 0 amide bonds. The molecule has 1 aromatic carbocycles. The first kappa shape index (κ1) is 23.1. The Kier molecular flexibility index (Phi) is 5.84. The molecule has 3 heterocycles. The first-order chi connectivity index (χ1) is 16.8. The van der Waals surface area contributed by atoms with Crippen molar-refractivity contribution in [2.75, 3.05) is 10.5 Å². The van der Waals surface area contributed by atoms with Crippen molar-refractivity contribution < 1.29 is 22.0 Å². The van der Waals surface area contributed by atoms with Crippen LogP contribution in [0.4, 0.5) is 14.5 Å². The van der Waals surface area contributed by atoms with E-state index in [0.29, 0.717) is 17.0 Å². The number of aromatic amines is 1. The number of hydrogen-bond donors (Lipinski definition) is 2. The lowest BCUT2D eigenvalue weighted by Gasteiger charge is -2.11. The zero-order chi connectivity index (χ0) is 24.7. The molecule has 35 heavy (non-hydrogen) atoms. The third-order valence-electron chi connectivity index (χ3n) is 5.96. The second-order valence-electron chi connectivity index (χ2n) is 8.60. The van der Waals surface area contributed by atoms with Gasteiger partial charge in [-0.05, 0) is 43.5 Å². The Balaban J connectivity index is 1.51. The number of pyridine rings is 2. The molecule has 1 fully saturated rings. The second-order valence-corrected chi connectivity index (χ2v) is 10.4. The van der Waals surface area contributed by atoms with Crippen LogP contribution in [0.15, 0.2) is 48.9 Å². The van der Waals surface area contributed by atoms with E-state index in [0.717, 1.165) is 41.8 Å². The van der Waals surface area contributed by atoms with Gasteiger partial charge in [0.2, 0.25) is 10.0 Å². The summed E-state index contributed by atoms with van der Waals surface area (Å²) < 4.78 is 55.5. The van der Waals surface area contributed by atoms with Crippen molar-refractivity contribution in [3.63, 3.8) is 0 Å². The number of carbonyl (C=O) groups is 1. The van der Waals surface area contributed by atoms with Gasteiger partial charge in [-0.25, -0.2) is 22.2 Å². The monoisotopic (exact) mass is 496 g/mol. The van der Waals surface area contributed by atoms with Gasteiger partial charge in [0.1, 0.15) is 17.2 Å². The molecule has 0 aliphatic heterocycles. The number of hydrogen-bond acceptors (Lipinski definition) is 5. The SMILES string of the molecule is CCCS(=O)(=O)Nc1c(F)ccc(C(=O)c2c[nH]c3ncc(-c4ccc(C5CC5)nc4)cc23)c1F. The smallest absolute Gasteiger partial charge is 0.232 e. The molecule has 180 valence electrons. The minimum absolute atomic E-state index is 0.129. The van der Waals surface area contributed by atoms with E-state index < -0.39 is 38.7 Å². The highest BCUT2D eigenvalue weighted by Gasteiger charge is 2.26. The number of aromatic nitrogens is 3. The van der Waals surface area contributed by atoms with Gasteiger partial charge >= 0.3 is 0 Å². The lowest BCUT2D eigenvalue weighted by Crippen LogP contribution is -2.19. The molecule has 1 saturated carbocycles. The van der Waals surface area contributed by atoms with Gasteiger partial charge < -0.3 is 4.98 Å². The molecule has 0 saturated heterocycles. The van der Waals surface area contributed by atoms with E-state index in [4.69, 9.17) is 0 Å². The minimum Gasteiger partial charge on any atom is -0.345 e. The molecule has 0 spiro atoms. The Morgan fingerprint density at radius 3 is 2.54 bits per heavy atom. The van der Waals surface area contributed by atoms with E-state index in [1.54, 1.807) is 25.4 Å². The molecule has 1 aliphatic carbocycles. The molecule has 7 nitrogen and oxygen atoms in total. The summed E-state index contributed by atoms with van der Waals surface area (Å²) in [6.07, 6.45) is 7.38. The van der Waals surface area contributed by atoms with E-state index in [9.17, 15) is 17.6 Å². The summed E-state index contributed by atoms with van der Waals surface area (Å²) >= 11 is 0. The van der Waals surface area contributed by atoms with Crippen LogP contribution in [0.3, 0.4) is 0 Å². The normalized spacial score (nSPS) is 13.8. The van der Waals surface area contributed by atoms with Gasteiger partial charge in [-0.1, -0.05) is 13.0 Å². The molecule has 3 aromatic heterocycles. The van der Waals surface area contributed by atoms with Gasteiger partial charge in [0.15, 0.2) is 11.6 Å². The number of rotatable bonds is 8. The van der Waals surface area contributed by atoms with Crippen LogP contribution in [0, 0.1) is 11.6 Å². The van der Waals surface area contributed by atoms with Crippen LogP contribution in [0.2, 0.25) is 0 Å². The number of nitrogens with one attached hydrogen (secondary N) is 2. The fourth-order valence-corrected chi connectivity index (χ4v) is 5.13. The number of fused-ring (bicyclic) bond motifs is 1. The number of halogens is 2. The molecular formula is C25H22F2N4O3S. The van der Waals surface area contributed by atoms with Crippen LogP contribution >= 0.6 is 0 Å². The van der Waals surface area contributed by atoms with Crippen molar-refractivity contribution in [2.24, 2.45) is 0 Å². The Hall–Kier alpha value is -3.66. The number of sulfonamides is 1. The molecule has 0 unspecified atom stereocenters. The minimum atomic E-state index is -3.96. The molecule has 0 atom stereocenters. The third kappa shape index (κ3) is 4.53. The summed E-state index contributed by atoms with van der Waals surface area (Å²) in [7, 11) is -3.96. The maximum absolute atomic E-state index is 15.2. The molecule has 0 bridgehead atoms. The summed E-state index contributed by atoms with van der Waals surface area (Å²) in [5.41, 5.74) is 1.83. The largest absolute Gasteiger partial charge is 0.345 e. The van der Waals surface area contributed by atoms with Gasteiger partial charge in [-0.3, -0.25) is 14.5 Å². The van der Waals surface area contributed by atoms with E-state index in [2.05, 4.69) is 15.0 Å². The molecule has 5 rings (SSSR count). The Morgan fingerprint density at radius 1 is 1.09 bits per heavy atom. The first-order valence-corrected chi connectivity index (χ1v) is 12.9. The van der Waals surface area contributed by atoms with Gasteiger partial charge in [0.05, 0.1) is 11.3 Å². The highest BCUT2D eigenvalue weighted by Crippen LogP contribution is 2.39. The van der Waals surface area contributed by atoms with Crippen LogP contribution in [0.25, 0.3) is 22.2 Å². The van der Waals surface area contributed by atoms with E-state index >= 15 is 4.39 Å². The summed E-state index contributed by atoms with van der Waals surface area (Å²) in [4.78, 5) is 25.1. The maximum Gasteiger partial charge on any atom is 0.232 e. The molecule has 4 aromatic rings. The van der Waals surface area contributed by atoms with Crippen molar-refractivity contribution in [1.82, 2.24) is 15.0 Å². The predicted molar refractivity (Wildman–Crippen MR) is 129 cm³/mol. The van der Waals surface area contributed by atoms with E-state index in [-0.39, 0.29) is 17.7 Å². The number of nitrogens with zero attached hydrogens (tertiary/aromatic N) is 2. The average molecular weight is 497 g/mol. The molecular weight excluding hydrogens is 474 g/mol.